The summed E-state index contributed by atoms with van der Waals surface area (Å²) in [6.45, 7) is 5.86. The van der Waals surface area contributed by atoms with Gasteiger partial charge < -0.3 is 23.9 Å². The maximum absolute atomic E-state index is 13.1. The molecule has 0 bridgehead atoms. The van der Waals surface area contributed by atoms with Gasteiger partial charge in [-0.2, -0.15) is 0 Å². The second-order valence-electron chi connectivity index (χ2n) is 9.92. The SMILES string of the molecule is COc1cc2[nH]c3c(c2cc1OC)CCN1CC2C(C[C@H]31)C(C(=O)OC(C)N(C)C)=CO[C@H]2C. The molecule has 8 heteroatoms. The lowest BCUT2D eigenvalue weighted by Crippen LogP contribution is -2.51. The fourth-order valence-corrected chi connectivity index (χ4v) is 5.77. The fourth-order valence-electron chi connectivity index (χ4n) is 5.77. The Balaban J connectivity index is 1.48. The number of nitrogens with zero attached hydrogens (tertiary/aromatic N) is 2. The van der Waals surface area contributed by atoms with E-state index < -0.39 is 0 Å². The Hall–Kier alpha value is -2.71. The maximum Gasteiger partial charge on any atom is 0.338 e. The van der Waals surface area contributed by atoms with Crippen LogP contribution in [0.2, 0.25) is 0 Å². The lowest BCUT2D eigenvalue weighted by atomic mass is 9.72. The van der Waals surface area contributed by atoms with Crippen molar-refractivity contribution in [1.29, 1.82) is 0 Å². The Kier molecular flexibility index (Phi) is 5.98. The minimum atomic E-state index is -0.300. The predicted octanol–water partition coefficient (Wildman–Crippen LogP) is 3.47. The Morgan fingerprint density at radius 3 is 2.68 bits per heavy atom. The van der Waals surface area contributed by atoms with E-state index in [1.807, 2.05) is 32.0 Å². The molecule has 4 heterocycles. The van der Waals surface area contributed by atoms with Crippen LogP contribution in [0.3, 0.4) is 0 Å². The molecule has 1 N–H and O–H groups in total. The van der Waals surface area contributed by atoms with E-state index in [1.165, 1.54) is 16.6 Å². The number of hydrogen-bond donors (Lipinski definition) is 1. The Labute approximate surface area is 200 Å². The summed E-state index contributed by atoms with van der Waals surface area (Å²) in [6, 6.07) is 4.30. The fraction of sp³-hybridized carbons (Fsp3) is 0.577. The van der Waals surface area contributed by atoms with Gasteiger partial charge in [0.05, 0.1) is 38.2 Å². The summed E-state index contributed by atoms with van der Waals surface area (Å²) in [5.74, 6) is 1.52. The first kappa shape index (κ1) is 23.1. The summed E-state index contributed by atoms with van der Waals surface area (Å²) in [4.78, 5) is 21.2. The molecule has 3 aliphatic heterocycles. The summed E-state index contributed by atoms with van der Waals surface area (Å²) in [6.07, 6.45) is 3.23. The van der Waals surface area contributed by atoms with Gasteiger partial charge in [0.15, 0.2) is 17.7 Å². The summed E-state index contributed by atoms with van der Waals surface area (Å²) >= 11 is 0. The van der Waals surface area contributed by atoms with Gasteiger partial charge in [0.2, 0.25) is 0 Å². The second kappa shape index (κ2) is 8.82. The normalized spacial score (nSPS) is 27.2. The van der Waals surface area contributed by atoms with Crippen molar-refractivity contribution >= 4 is 16.9 Å². The molecule has 0 amide bonds. The first-order valence-corrected chi connectivity index (χ1v) is 12.1. The number of H-pyrrole nitrogens is 1. The number of aromatic nitrogens is 1. The number of esters is 1. The zero-order chi connectivity index (χ0) is 24.1. The van der Waals surface area contributed by atoms with Crippen LogP contribution in [0.5, 0.6) is 11.5 Å². The number of nitrogens with one attached hydrogen (secondary N) is 1. The van der Waals surface area contributed by atoms with Gasteiger partial charge in [0, 0.05) is 47.6 Å². The molecule has 1 aromatic carbocycles. The van der Waals surface area contributed by atoms with Gasteiger partial charge in [-0.05, 0) is 52.4 Å². The smallest absolute Gasteiger partial charge is 0.338 e. The van der Waals surface area contributed by atoms with Crippen LogP contribution in [0.4, 0.5) is 0 Å². The molecule has 5 atom stereocenters. The molecule has 2 aromatic rings. The van der Waals surface area contributed by atoms with Gasteiger partial charge in [-0.25, -0.2) is 4.79 Å². The van der Waals surface area contributed by atoms with Crippen molar-refractivity contribution in [3.05, 3.63) is 35.2 Å². The molecule has 0 spiro atoms. The van der Waals surface area contributed by atoms with E-state index in [-0.39, 0.29) is 36.2 Å². The van der Waals surface area contributed by atoms with Crippen LogP contribution in [-0.2, 0) is 20.7 Å². The van der Waals surface area contributed by atoms with E-state index in [2.05, 4.69) is 22.9 Å². The van der Waals surface area contributed by atoms with Crippen LogP contribution in [-0.4, -0.2) is 74.5 Å². The monoisotopic (exact) mass is 469 g/mol. The molecule has 0 aliphatic carbocycles. The predicted molar refractivity (Wildman–Crippen MR) is 129 cm³/mol. The number of ether oxygens (including phenoxy) is 4. The van der Waals surface area contributed by atoms with Gasteiger partial charge >= 0.3 is 5.97 Å². The van der Waals surface area contributed by atoms with Crippen molar-refractivity contribution in [3.63, 3.8) is 0 Å². The lowest BCUT2D eigenvalue weighted by molar-refractivity contribution is -0.153. The highest BCUT2D eigenvalue weighted by Gasteiger charge is 2.47. The van der Waals surface area contributed by atoms with E-state index >= 15 is 0 Å². The zero-order valence-corrected chi connectivity index (χ0v) is 20.9. The topological polar surface area (TPSA) is 76.3 Å². The van der Waals surface area contributed by atoms with Gasteiger partial charge in [0.25, 0.3) is 0 Å². The van der Waals surface area contributed by atoms with Gasteiger partial charge in [0.1, 0.15) is 0 Å². The second-order valence-corrected chi connectivity index (χ2v) is 9.92. The van der Waals surface area contributed by atoms with Crippen LogP contribution in [0.25, 0.3) is 10.9 Å². The zero-order valence-electron chi connectivity index (χ0n) is 20.9. The highest BCUT2D eigenvalue weighted by molar-refractivity contribution is 5.90. The van der Waals surface area contributed by atoms with Crippen LogP contribution in [0.1, 0.15) is 37.6 Å². The van der Waals surface area contributed by atoms with Crippen molar-refractivity contribution in [2.24, 2.45) is 11.8 Å². The summed E-state index contributed by atoms with van der Waals surface area (Å²) in [5.41, 5.74) is 4.29. The third-order valence-electron chi connectivity index (χ3n) is 7.96. The Morgan fingerprint density at radius 1 is 1.24 bits per heavy atom. The minimum absolute atomic E-state index is 0.0615. The Bertz CT molecular complexity index is 1120. The number of hydrogen-bond acceptors (Lipinski definition) is 7. The van der Waals surface area contributed by atoms with Crippen molar-refractivity contribution < 1.29 is 23.7 Å². The number of rotatable bonds is 5. The Morgan fingerprint density at radius 2 is 1.97 bits per heavy atom. The van der Waals surface area contributed by atoms with Crippen molar-refractivity contribution in [3.8, 4) is 11.5 Å². The molecular formula is C26H35N3O5. The number of methoxy groups -OCH3 is 2. The van der Waals surface area contributed by atoms with Gasteiger partial charge in [-0.1, -0.05) is 0 Å². The average molecular weight is 470 g/mol. The van der Waals surface area contributed by atoms with Crippen LogP contribution in [0.15, 0.2) is 24.0 Å². The number of carbonyl (C=O) groups is 1. The molecule has 1 aromatic heterocycles. The third kappa shape index (κ3) is 3.73. The van der Waals surface area contributed by atoms with E-state index in [0.717, 1.165) is 42.9 Å². The van der Waals surface area contributed by atoms with Crippen molar-refractivity contribution in [1.82, 2.24) is 14.8 Å². The number of benzene rings is 1. The number of piperidine rings is 1. The molecule has 3 unspecified atom stereocenters. The van der Waals surface area contributed by atoms with Gasteiger partial charge in [-0.3, -0.25) is 9.80 Å². The first-order valence-electron chi connectivity index (χ1n) is 12.1. The first-order chi connectivity index (χ1) is 16.3. The average Bonchev–Trinajstić information content (AvgIpc) is 3.20. The van der Waals surface area contributed by atoms with Crippen LogP contribution >= 0.6 is 0 Å². The standard InChI is InChI=1S/C26H35N3O5/c1-14-19-12-29-8-7-16-18-10-23(31-5)24(32-6)11-21(18)27-25(16)22(29)9-17(19)20(13-33-14)26(30)34-15(2)28(3)4/h10-11,13-15,17,19,22,27H,7-9,12H2,1-6H3/t14-,15?,17?,19?,22+/m0/s1. The molecule has 1 saturated heterocycles. The van der Waals surface area contributed by atoms with Gasteiger partial charge in [-0.15, -0.1) is 0 Å². The highest BCUT2D eigenvalue weighted by atomic mass is 16.6. The highest BCUT2D eigenvalue weighted by Crippen LogP contribution is 2.48. The largest absolute Gasteiger partial charge is 0.497 e. The number of carbonyl (C=O) groups excluding carboxylic acids is 1. The quantitative estimate of drug-likeness (QED) is 0.531. The molecule has 1 fully saturated rings. The van der Waals surface area contributed by atoms with E-state index in [9.17, 15) is 4.79 Å². The van der Waals surface area contributed by atoms with E-state index in [4.69, 9.17) is 18.9 Å². The van der Waals surface area contributed by atoms with Crippen molar-refractivity contribution in [2.75, 3.05) is 41.4 Å². The third-order valence-corrected chi connectivity index (χ3v) is 7.96. The molecule has 0 radical (unpaired) electrons. The molecule has 0 saturated carbocycles. The van der Waals surface area contributed by atoms with E-state index in [1.54, 1.807) is 20.5 Å². The maximum atomic E-state index is 13.1. The summed E-state index contributed by atoms with van der Waals surface area (Å²) in [5, 5.41) is 1.18. The summed E-state index contributed by atoms with van der Waals surface area (Å²) in [7, 11) is 7.13. The minimum Gasteiger partial charge on any atom is -0.497 e. The molecular weight excluding hydrogens is 434 g/mol. The molecule has 34 heavy (non-hydrogen) atoms. The molecule has 5 rings (SSSR count). The molecule has 3 aliphatic rings. The van der Waals surface area contributed by atoms with Crippen LogP contribution < -0.4 is 9.47 Å². The molecule has 8 nitrogen and oxygen atoms in total. The van der Waals surface area contributed by atoms with E-state index in [0.29, 0.717) is 5.57 Å². The summed E-state index contributed by atoms with van der Waals surface area (Å²) < 4.78 is 22.7. The van der Waals surface area contributed by atoms with Crippen molar-refractivity contribution in [2.45, 2.75) is 45.1 Å². The number of aromatic amines is 1. The number of fused-ring (bicyclic) bond motifs is 6. The molecule has 184 valence electrons. The lowest BCUT2D eigenvalue weighted by Gasteiger charge is -2.49. The van der Waals surface area contributed by atoms with Crippen LogP contribution in [0, 0.1) is 11.8 Å².